The summed E-state index contributed by atoms with van der Waals surface area (Å²) in [6, 6.07) is 1.38. The summed E-state index contributed by atoms with van der Waals surface area (Å²) >= 11 is 5.07. The number of nitrogens with one attached hydrogen (secondary N) is 1. The summed E-state index contributed by atoms with van der Waals surface area (Å²) in [4.78, 5) is 0. The number of hydrogen-bond donors (Lipinski definition) is 1. The third-order valence-corrected chi connectivity index (χ3v) is 4.17. The van der Waals surface area contributed by atoms with Crippen molar-refractivity contribution in [3.05, 3.63) is 71.2 Å². The average Bonchev–Trinajstić information content (AvgIpc) is 2.77. The number of allylic oxidation sites excluding steroid dienone is 4. The van der Waals surface area contributed by atoms with E-state index < -0.39 is 17.5 Å². The Labute approximate surface area is 191 Å². The van der Waals surface area contributed by atoms with Gasteiger partial charge in [-0.05, 0) is 33.4 Å². The van der Waals surface area contributed by atoms with Crippen molar-refractivity contribution >= 4 is 17.8 Å². The third kappa shape index (κ3) is 13.1. The van der Waals surface area contributed by atoms with Crippen LogP contribution in [0.4, 0.5) is 13.2 Å². The number of rotatable bonds is 10. The molecule has 1 aromatic carbocycles. The van der Waals surface area contributed by atoms with E-state index in [1.165, 1.54) is 0 Å². The highest BCUT2D eigenvalue weighted by molar-refractivity contribution is 6.18. The van der Waals surface area contributed by atoms with Crippen molar-refractivity contribution in [1.29, 1.82) is 0 Å². The predicted octanol–water partition coefficient (Wildman–Crippen LogP) is 7.20. The van der Waals surface area contributed by atoms with Crippen LogP contribution in [-0.2, 0) is 6.54 Å². The standard InChI is InChI=1S/C19H26F3N3.C3H5Cl.C2H6/c1-5-7-9-24-25(19(8-10-23-4)14(3)6-2)13-16-17(21)11-15(20)12-18(16)22;1-2-3-4;1-2/h5,7,9,11-12,23H,6,8,10,13H2,1-4H3;2H,1,3H2;1-2H3/b7-5+,19-14+,24-9+;;. The number of hydrogen-bond acceptors (Lipinski definition) is 3. The fraction of sp³-hybridized carbons (Fsp3) is 0.458. The van der Waals surface area contributed by atoms with Gasteiger partial charge < -0.3 is 5.32 Å². The van der Waals surface area contributed by atoms with Gasteiger partial charge in [-0.3, -0.25) is 5.01 Å². The van der Waals surface area contributed by atoms with Gasteiger partial charge in [-0.15, -0.1) is 18.2 Å². The van der Waals surface area contributed by atoms with Crippen molar-refractivity contribution in [2.24, 2.45) is 5.10 Å². The van der Waals surface area contributed by atoms with Crippen molar-refractivity contribution in [2.75, 3.05) is 19.5 Å². The molecule has 1 N–H and O–H groups in total. The minimum absolute atomic E-state index is 0.109. The highest BCUT2D eigenvalue weighted by Gasteiger charge is 2.18. The first-order chi connectivity index (χ1) is 14.9. The van der Waals surface area contributed by atoms with Gasteiger partial charge in [-0.25, -0.2) is 13.2 Å². The largest absolute Gasteiger partial charge is 0.319 e. The molecule has 3 nitrogen and oxygen atoms in total. The topological polar surface area (TPSA) is 27.6 Å². The molecule has 0 radical (unpaired) electrons. The molecule has 0 unspecified atom stereocenters. The molecular weight excluding hydrogens is 423 g/mol. The Morgan fingerprint density at radius 2 is 1.77 bits per heavy atom. The fourth-order valence-electron chi connectivity index (χ4n) is 2.29. The molecule has 0 heterocycles. The van der Waals surface area contributed by atoms with Gasteiger partial charge in [0.1, 0.15) is 17.5 Å². The summed E-state index contributed by atoms with van der Waals surface area (Å²) in [7, 11) is 1.84. The van der Waals surface area contributed by atoms with Crippen molar-refractivity contribution in [3.8, 4) is 0 Å². The van der Waals surface area contributed by atoms with Crippen LogP contribution >= 0.6 is 11.6 Å². The molecule has 1 rings (SSSR count). The molecule has 0 aliphatic rings. The molecule has 0 spiro atoms. The summed E-state index contributed by atoms with van der Waals surface area (Å²) < 4.78 is 41.3. The molecular formula is C24H37ClF3N3. The van der Waals surface area contributed by atoms with E-state index in [0.717, 1.165) is 17.7 Å². The number of nitrogens with zero attached hydrogens (tertiary/aromatic N) is 2. The molecule has 0 atom stereocenters. The van der Waals surface area contributed by atoms with Crippen LogP contribution in [0.5, 0.6) is 0 Å². The van der Waals surface area contributed by atoms with Crippen LogP contribution < -0.4 is 5.32 Å². The second-order valence-corrected chi connectivity index (χ2v) is 6.38. The predicted molar refractivity (Wildman–Crippen MR) is 129 cm³/mol. The molecule has 0 fully saturated rings. The summed E-state index contributed by atoms with van der Waals surface area (Å²) in [5, 5.41) is 8.99. The van der Waals surface area contributed by atoms with Gasteiger partial charge >= 0.3 is 0 Å². The summed E-state index contributed by atoms with van der Waals surface area (Å²) in [6.07, 6.45) is 8.21. The Hall–Kier alpha value is -2.05. The van der Waals surface area contributed by atoms with Gasteiger partial charge in [0.15, 0.2) is 0 Å². The minimum Gasteiger partial charge on any atom is -0.319 e. The zero-order valence-electron chi connectivity index (χ0n) is 19.6. The SMILES string of the molecule is C/C=C/C=N/N(Cc1c(F)cc(F)cc1F)/C(CCNC)=C(\C)CC.C=CCCl.CC. The number of halogens is 4. The lowest BCUT2D eigenvalue weighted by atomic mass is 10.1. The summed E-state index contributed by atoms with van der Waals surface area (Å²) in [6.45, 7) is 13.8. The molecule has 0 saturated heterocycles. The first-order valence-corrected chi connectivity index (χ1v) is 11.0. The minimum atomic E-state index is -0.932. The molecule has 1 aromatic rings. The first kappa shape index (κ1) is 31.1. The Kier molecular flexibility index (Phi) is 20.0. The van der Waals surface area contributed by atoms with Crippen molar-refractivity contribution in [2.45, 2.75) is 54.0 Å². The van der Waals surface area contributed by atoms with Crippen LogP contribution in [-0.4, -0.2) is 30.7 Å². The van der Waals surface area contributed by atoms with Crippen LogP contribution in [0.25, 0.3) is 0 Å². The first-order valence-electron chi connectivity index (χ1n) is 10.4. The maximum atomic E-state index is 14.1. The molecule has 0 aliphatic carbocycles. The van der Waals surface area contributed by atoms with E-state index >= 15 is 0 Å². The van der Waals surface area contributed by atoms with Gasteiger partial charge in [0, 0.05) is 48.5 Å². The lowest BCUT2D eigenvalue weighted by Gasteiger charge is -2.25. The van der Waals surface area contributed by atoms with Crippen molar-refractivity contribution in [1.82, 2.24) is 10.3 Å². The van der Waals surface area contributed by atoms with E-state index in [0.29, 0.717) is 31.0 Å². The van der Waals surface area contributed by atoms with Gasteiger partial charge in [-0.1, -0.05) is 38.5 Å². The van der Waals surface area contributed by atoms with Crippen molar-refractivity contribution in [3.63, 3.8) is 0 Å². The van der Waals surface area contributed by atoms with E-state index in [4.69, 9.17) is 11.6 Å². The highest BCUT2D eigenvalue weighted by atomic mass is 35.5. The second-order valence-electron chi connectivity index (χ2n) is 6.07. The molecule has 176 valence electrons. The zero-order chi connectivity index (χ0) is 24.2. The maximum Gasteiger partial charge on any atom is 0.134 e. The van der Waals surface area contributed by atoms with Crippen molar-refractivity contribution < 1.29 is 13.2 Å². The third-order valence-electron chi connectivity index (χ3n) is 3.95. The molecule has 7 heteroatoms. The van der Waals surface area contributed by atoms with Crippen LogP contribution in [0.3, 0.4) is 0 Å². The fourth-order valence-corrected chi connectivity index (χ4v) is 2.29. The lowest BCUT2D eigenvalue weighted by Crippen LogP contribution is -2.23. The number of hydrazone groups is 1. The van der Waals surface area contributed by atoms with Crippen LogP contribution in [0, 0.1) is 17.5 Å². The highest BCUT2D eigenvalue weighted by Crippen LogP contribution is 2.23. The number of alkyl halides is 1. The van der Waals surface area contributed by atoms with E-state index in [-0.39, 0.29) is 12.1 Å². The summed E-state index contributed by atoms with van der Waals surface area (Å²) in [5.74, 6) is -2.20. The molecule has 0 amide bonds. The van der Waals surface area contributed by atoms with Gasteiger partial charge in [0.25, 0.3) is 0 Å². The molecule has 0 aliphatic heterocycles. The average molecular weight is 460 g/mol. The zero-order valence-corrected chi connectivity index (χ0v) is 20.4. The van der Waals surface area contributed by atoms with E-state index in [1.807, 2.05) is 47.7 Å². The van der Waals surface area contributed by atoms with Gasteiger partial charge in [-0.2, -0.15) is 5.10 Å². The van der Waals surface area contributed by atoms with Crippen LogP contribution in [0.2, 0.25) is 0 Å². The molecule has 0 aromatic heterocycles. The second kappa shape index (κ2) is 19.9. The molecule has 0 bridgehead atoms. The Balaban J connectivity index is 0. The van der Waals surface area contributed by atoms with E-state index in [2.05, 4.69) is 17.0 Å². The maximum absolute atomic E-state index is 14.1. The number of benzene rings is 1. The van der Waals surface area contributed by atoms with Crippen LogP contribution in [0.1, 0.15) is 53.0 Å². The van der Waals surface area contributed by atoms with Gasteiger partial charge in [0.05, 0.1) is 6.54 Å². The Morgan fingerprint density at radius 3 is 2.19 bits per heavy atom. The Morgan fingerprint density at radius 1 is 1.23 bits per heavy atom. The smallest absolute Gasteiger partial charge is 0.134 e. The Bertz CT molecular complexity index is 693. The van der Waals surface area contributed by atoms with Gasteiger partial charge in [0.2, 0.25) is 0 Å². The monoisotopic (exact) mass is 459 g/mol. The summed E-state index contributed by atoms with van der Waals surface area (Å²) in [5.41, 5.74) is 1.77. The molecule has 0 saturated carbocycles. The quantitative estimate of drug-likeness (QED) is 0.173. The van der Waals surface area contributed by atoms with Crippen LogP contribution in [0.15, 0.2) is 53.3 Å². The normalized spacial score (nSPS) is 11.4. The lowest BCUT2D eigenvalue weighted by molar-refractivity contribution is 0.324. The van der Waals surface area contributed by atoms with E-state index in [1.54, 1.807) is 23.4 Å². The van der Waals surface area contributed by atoms with E-state index in [9.17, 15) is 13.2 Å². The molecule has 31 heavy (non-hydrogen) atoms.